The van der Waals surface area contributed by atoms with Crippen molar-refractivity contribution in [1.82, 2.24) is 5.32 Å². The van der Waals surface area contributed by atoms with Gasteiger partial charge in [0.2, 0.25) is 10.0 Å². The zero-order valence-corrected chi connectivity index (χ0v) is 21.3. The maximum atomic E-state index is 13.6. The summed E-state index contributed by atoms with van der Waals surface area (Å²) in [4.78, 5) is 13.0. The number of nitrogens with one attached hydrogen (secondary N) is 1. The summed E-state index contributed by atoms with van der Waals surface area (Å²) < 4.78 is 53.0. The molecular weight excluding hydrogens is 495 g/mol. The van der Waals surface area contributed by atoms with E-state index in [1.807, 2.05) is 30.3 Å². The molecule has 5 rings (SSSR count). The third-order valence-corrected chi connectivity index (χ3v) is 7.66. The molecule has 1 aliphatic rings. The van der Waals surface area contributed by atoms with E-state index in [-0.39, 0.29) is 29.9 Å². The minimum absolute atomic E-state index is 0.165. The second kappa shape index (κ2) is 9.99. The van der Waals surface area contributed by atoms with Crippen LogP contribution in [0.25, 0.3) is 33.4 Å². The Balaban J connectivity index is 1.79. The van der Waals surface area contributed by atoms with E-state index in [1.165, 1.54) is 29.7 Å². The van der Waals surface area contributed by atoms with Crippen molar-refractivity contribution in [1.29, 1.82) is 0 Å². The van der Waals surface area contributed by atoms with Crippen molar-refractivity contribution in [3.05, 3.63) is 78.1 Å². The Morgan fingerprint density at radius 2 is 1.81 bits per heavy atom. The van der Waals surface area contributed by atoms with E-state index in [4.69, 9.17) is 9.15 Å². The van der Waals surface area contributed by atoms with Crippen molar-refractivity contribution < 1.29 is 26.8 Å². The molecule has 0 saturated carbocycles. The van der Waals surface area contributed by atoms with Crippen LogP contribution in [0.1, 0.15) is 23.2 Å². The molecule has 1 fully saturated rings. The summed E-state index contributed by atoms with van der Waals surface area (Å²) in [6.45, 7) is 0.763. The molecule has 1 aliphatic heterocycles. The number of furan rings is 1. The van der Waals surface area contributed by atoms with Crippen LogP contribution in [-0.2, 0) is 14.8 Å². The molecular formula is C28H27FN2O5S. The van der Waals surface area contributed by atoms with Crippen LogP contribution in [0.4, 0.5) is 10.1 Å². The van der Waals surface area contributed by atoms with E-state index in [9.17, 15) is 17.6 Å². The number of benzene rings is 3. The van der Waals surface area contributed by atoms with Crippen molar-refractivity contribution in [3.63, 3.8) is 0 Å². The summed E-state index contributed by atoms with van der Waals surface area (Å²) in [7, 11) is -2.17. The van der Waals surface area contributed by atoms with Gasteiger partial charge in [0.1, 0.15) is 17.2 Å². The number of sulfonamides is 1. The van der Waals surface area contributed by atoms with Crippen LogP contribution in [0.5, 0.6) is 0 Å². The topological polar surface area (TPSA) is 88.8 Å². The van der Waals surface area contributed by atoms with Crippen molar-refractivity contribution in [2.45, 2.75) is 18.9 Å². The Morgan fingerprint density at radius 1 is 1.08 bits per heavy atom. The molecule has 0 radical (unpaired) electrons. The van der Waals surface area contributed by atoms with Crippen molar-refractivity contribution >= 4 is 32.6 Å². The average molecular weight is 523 g/mol. The monoisotopic (exact) mass is 522 g/mol. The van der Waals surface area contributed by atoms with Gasteiger partial charge in [-0.2, -0.15) is 0 Å². The number of hydrogen-bond acceptors (Lipinski definition) is 5. The largest absolute Gasteiger partial charge is 0.455 e. The Bertz CT molecular complexity index is 1540. The molecule has 1 atom stereocenters. The number of carbonyl (C=O) groups is 1. The van der Waals surface area contributed by atoms with Gasteiger partial charge in [0.15, 0.2) is 0 Å². The third kappa shape index (κ3) is 4.97. The van der Waals surface area contributed by atoms with Crippen LogP contribution in [0.2, 0.25) is 0 Å². The van der Waals surface area contributed by atoms with Gasteiger partial charge in [-0.15, -0.1) is 0 Å². The number of carbonyl (C=O) groups excluding carboxylic acids is 1. The van der Waals surface area contributed by atoms with E-state index >= 15 is 0 Å². The molecule has 4 aromatic rings. The normalized spacial score (nSPS) is 15.7. The van der Waals surface area contributed by atoms with Gasteiger partial charge in [-0.25, -0.2) is 12.8 Å². The SMILES string of the molecule is CNC(=O)c1c(-c2ccc(F)cc2)oc2cc(N(CC3CCCO3)S(C)(=O)=O)c(-c3ccccc3)cc12. The molecule has 0 spiro atoms. The standard InChI is InChI=1S/C28H27FN2O5S/c1-30-28(32)26-23-15-22(18-7-4-3-5-8-18)24(31(37(2,33)34)17-21-9-6-14-35-21)16-25(23)36-27(26)19-10-12-20(29)13-11-19/h3-5,7-8,10-13,15-16,21H,6,9,14,17H2,1-2H3,(H,30,32). The van der Waals surface area contributed by atoms with E-state index in [2.05, 4.69) is 5.32 Å². The highest BCUT2D eigenvalue weighted by atomic mass is 32.2. The molecule has 1 unspecified atom stereocenters. The zero-order chi connectivity index (χ0) is 26.2. The first-order chi connectivity index (χ1) is 17.8. The molecule has 1 aromatic heterocycles. The smallest absolute Gasteiger partial charge is 0.255 e. The first kappa shape index (κ1) is 25.0. The first-order valence-corrected chi connectivity index (χ1v) is 13.8. The fourth-order valence-corrected chi connectivity index (χ4v) is 5.67. The number of hydrogen-bond donors (Lipinski definition) is 1. The summed E-state index contributed by atoms with van der Waals surface area (Å²) in [5.74, 6) is -0.507. The summed E-state index contributed by atoms with van der Waals surface area (Å²) in [6.07, 6.45) is 2.59. The molecule has 3 aromatic carbocycles. The molecule has 9 heteroatoms. The van der Waals surface area contributed by atoms with Crippen LogP contribution < -0.4 is 9.62 Å². The quantitative estimate of drug-likeness (QED) is 0.360. The lowest BCUT2D eigenvalue weighted by Crippen LogP contribution is -2.37. The lowest BCUT2D eigenvalue weighted by molar-refractivity contribution is 0.0964. The van der Waals surface area contributed by atoms with E-state index < -0.39 is 15.8 Å². The Labute approximate surface area is 214 Å². The Hall–Kier alpha value is -3.69. The number of ether oxygens (including phenoxy) is 1. The zero-order valence-electron chi connectivity index (χ0n) is 20.5. The van der Waals surface area contributed by atoms with Crippen molar-refractivity contribution in [2.75, 3.05) is 30.8 Å². The van der Waals surface area contributed by atoms with Gasteiger partial charge in [-0.1, -0.05) is 30.3 Å². The van der Waals surface area contributed by atoms with Crippen LogP contribution in [0, 0.1) is 5.82 Å². The van der Waals surface area contributed by atoms with E-state index in [1.54, 1.807) is 24.3 Å². The van der Waals surface area contributed by atoms with E-state index in [0.29, 0.717) is 34.4 Å². The van der Waals surface area contributed by atoms with Gasteiger partial charge < -0.3 is 14.5 Å². The second-order valence-electron chi connectivity index (χ2n) is 9.05. The number of fused-ring (bicyclic) bond motifs is 1. The lowest BCUT2D eigenvalue weighted by atomic mass is 9.98. The molecule has 0 aliphatic carbocycles. The molecule has 37 heavy (non-hydrogen) atoms. The van der Waals surface area contributed by atoms with Gasteiger partial charge in [-0.3, -0.25) is 9.10 Å². The number of amides is 1. The molecule has 1 N–H and O–H groups in total. The minimum Gasteiger partial charge on any atom is -0.455 e. The summed E-state index contributed by atoms with van der Waals surface area (Å²) >= 11 is 0. The highest BCUT2D eigenvalue weighted by Crippen LogP contribution is 2.42. The highest BCUT2D eigenvalue weighted by Gasteiger charge is 2.30. The van der Waals surface area contributed by atoms with Gasteiger partial charge in [0.25, 0.3) is 5.91 Å². The van der Waals surface area contributed by atoms with Crippen molar-refractivity contribution in [2.24, 2.45) is 0 Å². The summed E-state index contributed by atoms with van der Waals surface area (Å²) in [5.41, 5.74) is 3.00. The number of halogens is 1. The Kier molecular flexibility index (Phi) is 6.74. The van der Waals surface area contributed by atoms with Crippen molar-refractivity contribution in [3.8, 4) is 22.5 Å². The number of rotatable bonds is 7. The maximum absolute atomic E-state index is 13.6. The van der Waals surface area contributed by atoms with Crippen LogP contribution in [-0.4, -0.2) is 46.9 Å². The fraction of sp³-hybridized carbons (Fsp3) is 0.250. The third-order valence-electron chi connectivity index (χ3n) is 6.51. The first-order valence-electron chi connectivity index (χ1n) is 12.0. The average Bonchev–Trinajstić information content (AvgIpc) is 3.54. The van der Waals surface area contributed by atoms with Crippen LogP contribution >= 0.6 is 0 Å². The fourth-order valence-electron chi connectivity index (χ4n) is 4.73. The maximum Gasteiger partial charge on any atom is 0.255 e. The van der Waals surface area contributed by atoms with Crippen LogP contribution in [0.3, 0.4) is 0 Å². The van der Waals surface area contributed by atoms with Gasteiger partial charge in [0.05, 0.1) is 30.2 Å². The molecule has 1 saturated heterocycles. The molecule has 2 heterocycles. The molecule has 1 amide bonds. The highest BCUT2D eigenvalue weighted by molar-refractivity contribution is 7.92. The molecule has 7 nitrogen and oxygen atoms in total. The summed E-state index contributed by atoms with van der Waals surface area (Å²) in [6, 6.07) is 18.5. The minimum atomic E-state index is -3.70. The lowest BCUT2D eigenvalue weighted by Gasteiger charge is -2.27. The predicted octanol–water partition coefficient (Wildman–Crippen LogP) is 5.21. The number of anilines is 1. The Morgan fingerprint density at radius 3 is 2.43 bits per heavy atom. The summed E-state index contributed by atoms with van der Waals surface area (Å²) in [5, 5.41) is 3.17. The predicted molar refractivity (Wildman–Crippen MR) is 142 cm³/mol. The molecule has 192 valence electrons. The number of nitrogens with zero attached hydrogens (tertiary/aromatic N) is 1. The van der Waals surface area contributed by atoms with Gasteiger partial charge in [0, 0.05) is 36.2 Å². The second-order valence-corrected chi connectivity index (χ2v) is 11.0. The van der Waals surface area contributed by atoms with Crippen LogP contribution in [0.15, 0.2) is 71.1 Å². The van der Waals surface area contributed by atoms with E-state index in [0.717, 1.165) is 18.4 Å². The van der Waals surface area contributed by atoms with Gasteiger partial charge >= 0.3 is 0 Å². The van der Waals surface area contributed by atoms with Gasteiger partial charge in [-0.05, 0) is 48.7 Å². The molecule has 0 bridgehead atoms.